The fourth-order valence-corrected chi connectivity index (χ4v) is 2.45. The SMILES string of the molecule is O=C(COC(=O)Cn1c(=O)oc2ccccc21)NNC(=O)c1ccc(Cl)cc1. The predicted molar refractivity (Wildman–Crippen MR) is 98.5 cm³/mol. The highest BCUT2D eigenvalue weighted by molar-refractivity contribution is 6.30. The molecule has 2 amide bonds. The Kier molecular flexibility index (Phi) is 5.75. The van der Waals surface area contributed by atoms with Crippen LogP contribution in [0.2, 0.25) is 5.02 Å². The molecule has 0 saturated carbocycles. The molecular weight excluding hydrogens is 390 g/mol. The molecular formula is C18H14ClN3O6. The van der Waals surface area contributed by atoms with Gasteiger partial charge in [0.05, 0.1) is 5.52 Å². The fraction of sp³-hybridized carbons (Fsp3) is 0.111. The topological polar surface area (TPSA) is 120 Å². The number of hydrogen-bond acceptors (Lipinski definition) is 6. The number of esters is 1. The molecule has 0 spiro atoms. The van der Waals surface area contributed by atoms with Crippen LogP contribution in [0.4, 0.5) is 0 Å². The molecule has 0 unspecified atom stereocenters. The minimum absolute atomic E-state index is 0.285. The van der Waals surface area contributed by atoms with Crippen LogP contribution in [-0.4, -0.2) is 29.0 Å². The van der Waals surface area contributed by atoms with Crippen molar-refractivity contribution >= 4 is 40.5 Å². The first-order valence-electron chi connectivity index (χ1n) is 8.03. The van der Waals surface area contributed by atoms with Gasteiger partial charge in [-0.3, -0.25) is 29.8 Å². The third kappa shape index (κ3) is 4.57. The number of carbonyl (C=O) groups excluding carboxylic acids is 3. The minimum Gasteiger partial charge on any atom is -0.454 e. The van der Waals surface area contributed by atoms with E-state index in [0.717, 1.165) is 4.57 Å². The largest absolute Gasteiger partial charge is 0.454 e. The molecule has 0 fully saturated rings. The Morgan fingerprint density at radius 1 is 1.04 bits per heavy atom. The Labute approximate surface area is 162 Å². The van der Waals surface area contributed by atoms with Crippen LogP contribution in [-0.2, 0) is 20.9 Å². The lowest BCUT2D eigenvalue weighted by molar-refractivity contribution is -0.149. The normalized spacial score (nSPS) is 10.5. The third-order valence-corrected chi connectivity index (χ3v) is 3.90. The molecule has 0 bridgehead atoms. The molecule has 2 N–H and O–H groups in total. The number of aromatic nitrogens is 1. The van der Waals surface area contributed by atoms with E-state index in [-0.39, 0.29) is 5.56 Å². The average Bonchev–Trinajstić information content (AvgIpc) is 3.00. The van der Waals surface area contributed by atoms with Crippen molar-refractivity contribution < 1.29 is 23.5 Å². The molecule has 0 saturated heterocycles. The molecule has 1 heterocycles. The van der Waals surface area contributed by atoms with Gasteiger partial charge in [-0.05, 0) is 36.4 Å². The number of hydrogen-bond donors (Lipinski definition) is 2. The van der Waals surface area contributed by atoms with Gasteiger partial charge in [0.25, 0.3) is 11.8 Å². The Morgan fingerprint density at radius 3 is 2.50 bits per heavy atom. The zero-order valence-electron chi connectivity index (χ0n) is 14.3. The lowest BCUT2D eigenvalue weighted by Gasteiger charge is -2.08. The smallest absolute Gasteiger partial charge is 0.420 e. The van der Waals surface area contributed by atoms with Crippen molar-refractivity contribution in [3.63, 3.8) is 0 Å². The number of carbonyl (C=O) groups is 3. The number of amides is 2. The first-order valence-corrected chi connectivity index (χ1v) is 8.40. The molecule has 28 heavy (non-hydrogen) atoms. The van der Waals surface area contributed by atoms with Gasteiger partial charge in [-0.15, -0.1) is 0 Å². The molecule has 3 aromatic rings. The predicted octanol–water partition coefficient (Wildman–Crippen LogP) is 1.25. The highest BCUT2D eigenvalue weighted by Gasteiger charge is 2.15. The van der Waals surface area contributed by atoms with Crippen LogP contribution in [0.15, 0.2) is 57.7 Å². The summed E-state index contributed by atoms with van der Waals surface area (Å²) in [5.74, 6) is -2.83. The number of nitrogens with one attached hydrogen (secondary N) is 2. The molecule has 0 aliphatic rings. The van der Waals surface area contributed by atoms with E-state index in [1.807, 2.05) is 0 Å². The molecule has 10 heteroatoms. The van der Waals surface area contributed by atoms with Gasteiger partial charge in [-0.1, -0.05) is 23.7 Å². The first kappa shape index (κ1) is 19.2. The number of hydrazine groups is 1. The zero-order chi connectivity index (χ0) is 20.1. The van der Waals surface area contributed by atoms with Crippen LogP contribution in [0.5, 0.6) is 0 Å². The quantitative estimate of drug-likeness (QED) is 0.488. The van der Waals surface area contributed by atoms with Crippen LogP contribution in [0.3, 0.4) is 0 Å². The van der Waals surface area contributed by atoms with Crippen LogP contribution >= 0.6 is 11.6 Å². The van der Waals surface area contributed by atoms with E-state index >= 15 is 0 Å². The maximum Gasteiger partial charge on any atom is 0.420 e. The van der Waals surface area contributed by atoms with Gasteiger partial charge in [-0.2, -0.15) is 0 Å². The van der Waals surface area contributed by atoms with Crippen molar-refractivity contribution in [3.8, 4) is 0 Å². The number of fused-ring (bicyclic) bond motifs is 1. The van der Waals surface area contributed by atoms with E-state index in [2.05, 4.69) is 10.9 Å². The van der Waals surface area contributed by atoms with E-state index < -0.39 is 36.7 Å². The molecule has 9 nitrogen and oxygen atoms in total. The standard InChI is InChI=1S/C18H14ClN3O6/c19-12-7-5-11(6-8-12)17(25)21-20-15(23)10-27-16(24)9-22-13-3-1-2-4-14(13)28-18(22)26/h1-8H,9-10H2,(H,20,23)(H,21,25). The summed E-state index contributed by atoms with van der Waals surface area (Å²) in [6.07, 6.45) is 0. The van der Waals surface area contributed by atoms with Gasteiger partial charge in [-0.25, -0.2) is 4.79 Å². The maximum absolute atomic E-state index is 11.9. The molecule has 1 aromatic heterocycles. The van der Waals surface area contributed by atoms with Crippen molar-refractivity contribution in [1.82, 2.24) is 15.4 Å². The van der Waals surface area contributed by atoms with Gasteiger partial charge in [0, 0.05) is 10.6 Å². The zero-order valence-corrected chi connectivity index (χ0v) is 15.1. The molecule has 0 aliphatic carbocycles. The second kappa shape index (κ2) is 8.40. The summed E-state index contributed by atoms with van der Waals surface area (Å²) in [6.45, 7) is -1.05. The molecule has 2 aromatic carbocycles. The third-order valence-electron chi connectivity index (χ3n) is 3.65. The van der Waals surface area contributed by atoms with Gasteiger partial charge in [0.15, 0.2) is 12.2 Å². The van der Waals surface area contributed by atoms with Crippen molar-refractivity contribution in [2.45, 2.75) is 6.54 Å². The Morgan fingerprint density at radius 2 is 1.75 bits per heavy atom. The summed E-state index contributed by atoms with van der Waals surface area (Å²) in [6, 6.07) is 12.6. The number of oxazole rings is 1. The van der Waals surface area contributed by atoms with Crippen molar-refractivity contribution in [1.29, 1.82) is 0 Å². The van der Waals surface area contributed by atoms with E-state index in [4.69, 9.17) is 20.8 Å². The van der Waals surface area contributed by atoms with E-state index in [1.165, 1.54) is 24.3 Å². The molecule has 0 aliphatic heterocycles. The minimum atomic E-state index is -0.812. The Hall–Kier alpha value is -3.59. The molecule has 0 atom stereocenters. The molecule has 144 valence electrons. The van der Waals surface area contributed by atoms with Gasteiger partial charge in [0.2, 0.25) is 0 Å². The first-order chi connectivity index (χ1) is 13.4. The number of nitrogens with zero attached hydrogens (tertiary/aromatic N) is 1. The Balaban J connectivity index is 1.48. The van der Waals surface area contributed by atoms with E-state index in [9.17, 15) is 19.2 Å². The van der Waals surface area contributed by atoms with Crippen molar-refractivity contribution in [3.05, 3.63) is 69.7 Å². The van der Waals surface area contributed by atoms with E-state index in [1.54, 1.807) is 24.3 Å². The summed E-state index contributed by atoms with van der Waals surface area (Å²) in [7, 11) is 0. The number of halogens is 1. The maximum atomic E-state index is 11.9. The number of para-hydroxylation sites is 2. The fourth-order valence-electron chi connectivity index (χ4n) is 2.32. The van der Waals surface area contributed by atoms with E-state index in [0.29, 0.717) is 16.1 Å². The highest BCUT2D eigenvalue weighted by Crippen LogP contribution is 2.11. The van der Waals surface area contributed by atoms with Gasteiger partial charge in [0.1, 0.15) is 6.54 Å². The summed E-state index contributed by atoms with van der Waals surface area (Å²) >= 11 is 5.73. The second-order valence-corrected chi connectivity index (χ2v) is 6.03. The summed E-state index contributed by atoms with van der Waals surface area (Å²) < 4.78 is 10.9. The molecule has 3 rings (SSSR count). The second-order valence-electron chi connectivity index (χ2n) is 5.59. The summed E-state index contributed by atoms with van der Waals surface area (Å²) in [5, 5.41) is 0.469. The van der Waals surface area contributed by atoms with Crippen LogP contribution in [0, 0.1) is 0 Å². The van der Waals surface area contributed by atoms with Crippen LogP contribution in [0.25, 0.3) is 11.1 Å². The monoisotopic (exact) mass is 403 g/mol. The van der Waals surface area contributed by atoms with Crippen LogP contribution < -0.4 is 16.6 Å². The van der Waals surface area contributed by atoms with Gasteiger partial charge >= 0.3 is 11.7 Å². The number of benzene rings is 2. The lowest BCUT2D eigenvalue weighted by atomic mass is 10.2. The number of rotatable bonds is 5. The van der Waals surface area contributed by atoms with Gasteiger partial charge < -0.3 is 9.15 Å². The average molecular weight is 404 g/mol. The summed E-state index contributed by atoms with van der Waals surface area (Å²) in [5.41, 5.74) is 5.35. The highest BCUT2D eigenvalue weighted by atomic mass is 35.5. The van der Waals surface area contributed by atoms with Crippen molar-refractivity contribution in [2.24, 2.45) is 0 Å². The summed E-state index contributed by atoms with van der Waals surface area (Å²) in [4.78, 5) is 47.3. The molecule has 0 radical (unpaired) electrons. The van der Waals surface area contributed by atoms with Crippen LogP contribution in [0.1, 0.15) is 10.4 Å². The number of ether oxygens (including phenoxy) is 1. The lowest BCUT2D eigenvalue weighted by Crippen LogP contribution is -2.43. The van der Waals surface area contributed by atoms with Crippen molar-refractivity contribution in [2.75, 3.05) is 6.61 Å². The Bertz CT molecular complexity index is 1090.